The zero-order chi connectivity index (χ0) is 26.5. The Balaban J connectivity index is 1.56. The average Bonchev–Trinajstić information content (AvgIpc) is 3.15. The molecule has 9 heteroatoms. The summed E-state index contributed by atoms with van der Waals surface area (Å²) in [5, 5.41) is 1.80. The predicted octanol–water partition coefficient (Wildman–Crippen LogP) is 6.41. The van der Waals surface area contributed by atoms with E-state index >= 15 is 0 Å². The van der Waals surface area contributed by atoms with Crippen molar-refractivity contribution in [2.75, 3.05) is 13.2 Å². The molecule has 0 radical (unpaired) electrons. The second-order valence-corrected chi connectivity index (χ2v) is 10.4. The highest BCUT2D eigenvalue weighted by molar-refractivity contribution is 14.1. The first-order valence-electron chi connectivity index (χ1n) is 11.8. The maximum atomic E-state index is 12.9. The van der Waals surface area contributed by atoms with Crippen LogP contribution in [0.1, 0.15) is 31.9 Å². The number of amides is 2. The van der Waals surface area contributed by atoms with Crippen molar-refractivity contribution in [3.63, 3.8) is 0 Å². The van der Waals surface area contributed by atoms with Gasteiger partial charge in [0.2, 0.25) is 0 Å². The number of nitrogens with zero attached hydrogens (tertiary/aromatic N) is 1. The molecule has 1 heterocycles. The van der Waals surface area contributed by atoms with E-state index in [-0.39, 0.29) is 11.5 Å². The number of thioether (sulfide) groups is 1. The van der Waals surface area contributed by atoms with Crippen molar-refractivity contribution in [3.05, 3.63) is 74.2 Å². The molecule has 0 bridgehead atoms. The maximum absolute atomic E-state index is 12.9. The highest BCUT2D eigenvalue weighted by Gasteiger charge is 2.41. The van der Waals surface area contributed by atoms with Crippen molar-refractivity contribution < 1.29 is 28.6 Å². The van der Waals surface area contributed by atoms with Gasteiger partial charge in [0, 0.05) is 0 Å². The minimum Gasteiger partial charge on any atom is -0.490 e. The van der Waals surface area contributed by atoms with Crippen molar-refractivity contribution in [1.82, 2.24) is 4.90 Å². The Kier molecular flexibility index (Phi) is 8.75. The van der Waals surface area contributed by atoms with Gasteiger partial charge in [-0.3, -0.25) is 14.5 Å². The van der Waals surface area contributed by atoms with Crippen molar-refractivity contribution >= 4 is 68.3 Å². The van der Waals surface area contributed by atoms with Gasteiger partial charge in [-0.15, -0.1) is 0 Å². The van der Waals surface area contributed by atoms with Crippen LogP contribution in [-0.4, -0.2) is 41.3 Å². The van der Waals surface area contributed by atoms with Gasteiger partial charge >= 0.3 is 5.97 Å². The molecule has 3 aromatic rings. The maximum Gasteiger partial charge on any atom is 0.329 e. The molecule has 3 aromatic carbocycles. The smallest absolute Gasteiger partial charge is 0.329 e. The molecular weight excluding hydrogens is 605 g/mol. The minimum absolute atomic E-state index is 0.170. The monoisotopic (exact) mass is 631 g/mol. The number of halogens is 1. The molecule has 37 heavy (non-hydrogen) atoms. The highest BCUT2D eigenvalue weighted by atomic mass is 127. The summed E-state index contributed by atoms with van der Waals surface area (Å²) < 4.78 is 17.8. The molecule has 1 saturated heterocycles. The number of hydrogen-bond donors (Lipinski definition) is 0. The normalized spacial score (nSPS) is 15.4. The van der Waals surface area contributed by atoms with Crippen LogP contribution in [-0.2, 0) is 20.9 Å². The van der Waals surface area contributed by atoms with Gasteiger partial charge in [0.25, 0.3) is 11.1 Å². The molecule has 0 spiro atoms. The van der Waals surface area contributed by atoms with Gasteiger partial charge in [0.1, 0.15) is 12.6 Å². The predicted molar refractivity (Wildman–Crippen MR) is 153 cm³/mol. The quantitative estimate of drug-likeness (QED) is 0.153. The van der Waals surface area contributed by atoms with Crippen molar-refractivity contribution in [1.29, 1.82) is 0 Å². The number of hydrogen-bond acceptors (Lipinski definition) is 7. The number of esters is 1. The Labute approximate surface area is 233 Å². The molecule has 1 atom stereocenters. The summed E-state index contributed by atoms with van der Waals surface area (Å²) in [4.78, 5) is 38.7. The van der Waals surface area contributed by atoms with Gasteiger partial charge in [-0.25, -0.2) is 4.79 Å². The second-order valence-electron chi connectivity index (χ2n) is 8.21. The van der Waals surface area contributed by atoms with E-state index in [0.717, 1.165) is 31.2 Å². The fourth-order valence-corrected chi connectivity index (χ4v) is 5.58. The number of rotatable bonds is 9. The topological polar surface area (TPSA) is 82.1 Å². The average molecular weight is 631 g/mol. The van der Waals surface area contributed by atoms with Crippen LogP contribution < -0.4 is 9.47 Å². The van der Waals surface area contributed by atoms with E-state index in [0.29, 0.717) is 30.3 Å². The summed E-state index contributed by atoms with van der Waals surface area (Å²) in [7, 11) is 0. The molecule has 4 rings (SSSR count). The number of carbonyl (C=O) groups is 3. The van der Waals surface area contributed by atoms with Crippen LogP contribution in [0.4, 0.5) is 4.79 Å². The molecule has 0 unspecified atom stereocenters. The third-order valence-corrected chi connectivity index (χ3v) is 7.35. The van der Waals surface area contributed by atoms with Crippen LogP contribution in [0, 0.1) is 3.57 Å². The molecule has 0 saturated carbocycles. The lowest BCUT2D eigenvalue weighted by atomic mass is 10.1. The van der Waals surface area contributed by atoms with E-state index in [9.17, 15) is 14.4 Å². The first-order valence-corrected chi connectivity index (χ1v) is 13.7. The number of carbonyl (C=O) groups excluding carboxylic acids is 3. The zero-order valence-electron chi connectivity index (χ0n) is 20.7. The molecule has 0 N–H and O–H groups in total. The first-order chi connectivity index (χ1) is 17.8. The van der Waals surface area contributed by atoms with Crippen molar-refractivity contribution in [2.45, 2.75) is 33.4 Å². The van der Waals surface area contributed by atoms with Crippen LogP contribution in [0.2, 0.25) is 0 Å². The molecule has 7 nitrogen and oxygen atoms in total. The summed E-state index contributed by atoms with van der Waals surface area (Å²) in [6.45, 7) is 6.00. The molecule has 1 aliphatic heterocycles. The van der Waals surface area contributed by atoms with Crippen LogP contribution in [0.25, 0.3) is 16.8 Å². The second kappa shape index (κ2) is 12.0. The number of imide groups is 1. The summed E-state index contributed by atoms with van der Waals surface area (Å²) in [5.41, 5.74) is 1.71. The Bertz CT molecular complexity index is 1390. The highest BCUT2D eigenvalue weighted by Crippen LogP contribution is 2.38. The Morgan fingerprint density at radius 1 is 1.03 bits per heavy atom. The zero-order valence-corrected chi connectivity index (χ0v) is 23.6. The molecule has 0 aliphatic carbocycles. The SMILES string of the molecule is CCOC(=O)[C@@H](C)N1C(=O)S/C(=C/c2cc(I)c(OCc3ccc4ccccc4c3)c(OCC)c2)C1=O. The lowest BCUT2D eigenvalue weighted by Gasteiger charge is -2.19. The molecule has 0 aromatic heterocycles. The van der Waals surface area contributed by atoms with Crippen LogP contribution in [0.5, 0.6) is 11.5 Å². The summed E-state index contributed by atoms with van der Waals surface area (Å²) >= 11 is 2.97. The van der Waals surface area contributed by atoms with E-state index in [2.05, 4.69) is 46.9 Å². The Hall–Kier alpha value is -3.05. The molecule has 2 amide bonds. The summed E-state index contributed by atoms with van der Waals surface area (Å²) in [6.07, 6.45) is 1.63. The molecule has 1 aliphatic rings. The minimum atomic E-state index is -0.997. The van der Waals surface area contributed by atoms with Gasteiger partial charge in [-0.05, 0) is 101 Å². The van der Waals surface area contributed by atoms with Gasteiger partial charge in [-0.1, -0.05) is 36.4 Å². The third-order valence-electron chi connectivity index (χ3n) is 5.67. The number of benzene rings is 3. The molecular formula is C28H26INO6S. The Morgan fingerprint density at radius 3 is 2.51 bits per heavy atom. The van der Waals surface area contributed by atoms with E-state index in [1.54, 1.807) is 19.1 Å². The largest absolute Gasteiger partial charge is 0.490 e. The molecule has 1 fully saturated rings. The van der Waals surface area contributed by atoms with Crippen LogP contribution >= 0.6 is 34.4 Å². The van der Waals surface area contributed by atoms with Gasteiger partial charge in [-0.2, -0.15) is 0 Å². The van der Waals surface area contributed by atoms with Gasteiger partial charge < -0.3 is 14.2 Å². The van der Waals surface area contributed by atoms with Gasteiger partial charge in [0.15, 0.2) is 11.5 Å². The van der Waals surface area contributed by atoms with E-state index < -0.39 is 23.2 Å². The standard InChI is InChI=1S/C28H26INO6S/c1-4-34-23-14-19(15-24-26(31)30(28(33)37-24)17(3)27(32)35-5-2)13-22(29)25(23)36-16-18-10-11-20-8-6-7-9-21(20)12-18/h6-15,17H,4-5,16H2,1-3H3/b24-15+/t17-/m1/s1. The van der Waals surface area contributed by atoms with Crippen LogP contribution in [0.3, 0.4) is 0 Å². The van der Waals surface area contributed by atoms with Crippen molar-refractivity contribution in [2.24, 2.45) is 0 Å². The van der Waals surface area contributed by atoms with Crippen molar-refractivity contribution in [3.8, 4) is 11.5 Å². The van der Waals surface area contributed by atoms with Crippen LogP contribution in [0.15, 0.2) is 59.5 Å². The Morgan fingerprint density at radius 2 is 1.78 bits per heavy atom. The van der Waals surface area contributed by atoms with E-state index in [4.69, 9.17) is 14.2 Å². The lowest BCUT2D eigenvalue weighted by molar-refractivity contribution is -0.150. The fraction of sp³-hybridized carbons (Fsp3) is 0.250. The first kappa shape index (κ1) is 27.0. The fourth-order valence-electron chi connectivity index (χ4n) is 3.89. The third kappa shape index (κ3) is 6.10. The summed E-state index contributed by atoms with van der Waals surface area (Å²) in [6, 6.07) is 17.0. The van der Waals surface area contributed by atoms with E-state index in [1.807, 2.05) is 31.2 Å². The molecule has 192 valence electrons. The van der Waals surface area contributed by atoms with E-state index in [1.165, 1.54) is 12.3 Å². The number of ether oxygens (including phenoxy) is 3. The lowest BCUT2D eigenvalue weighted by Crippen LogP contribution is -2.42. The van der Waals surface area contributed by atoms with Gasteiger partial charge in [0.05, 0.1) is 21.7 Å². The summed E-state index contributed by atoms with van der Waals surface area (Å²) in [5.74, 6) is 0.00431. The number of fused-ring (bicyclic) bond motifs is 1.